The monoisotopic (exact) mass is 677 g/mol. The zero-order valence-corrected chi connectivity index (χ0v) is 28.2. The summed E-state index contributed by atoms with van der Waals surface area (Å²) in [6.45, 7) is 3.12. The largest absolute Gasteiger partial charge is 0.493 e. The third-order valence-corrected chi connectivity index (χ3v) is 9.62. The fourth-order valence-electron chi connectivity index (χ4n) is 7.16. The minimum absolute atomic E-state index is 0.230. The molecular weight excluding hydrogens is 641 g/mol. The number of carboxylic acids is 1. The van der Waals surface area contributed by atoms with E-state index in [1.54, 1.807) is 6.07 Å². The standard InChI is InChI=1S/C40H37ClFN3O4/c1-3-32-36-35-31(41)19-18-30-29(14-10-22-48-33-15-9-13-26-24-27(42)16-17-28(26)33)39(40(46)47)45(38(30)35)20-7-8-21-49-34(37(36)43-44(32)2)23-25-11-5-4-6-12-25/h4-9,11-13,15-19,24,34H,3,10,14,20-23H2,1-2H3,(H,46,47)/b8-7-. The Morgan fingerprint density at radius 3 is 2.65 bits per heavy atom. The first kappa shape index (κ1) is 32.6. The van der Waals surface area contributed by atoms with Gasteiger partial charge in [-0.3, -0.25) is 4.68 Å². The number of carboxylic acid groups (broad SMARTS) is 1. The van der Waals surface area contributed by atoms with E-state index in [1.165, 1.54) is 12.1 Å². The lowest BCUT2D eigenvalue weighted by atomic mass is 9.94. The molecule has 1 atom stereocenters. The van der Waals surface area contributed by atoms with E-state index >= 15 is 0 Å². The van der Waals surface area contributed by atoms with Gasteiger partial charge in [0.25, 0.3) is 0 Å². The van der Waals surface area contributed by atoms with Crippen molar-refractivity contribution in [3.8, 4) is 16.9 Å². The SMILES string of the molecule is CCc1c2c(nn1C)C(Cc1ccccc1)OC/C=C\Cn1c(C(=O)O)c(CCCOc3cccc4cc(F)ccc34)c3ccc(Cl)c-2c31. The summed E-state index contributed by atoms with van der Waals surface area (Å²) >= 11 is 7.14. The van der Waals surface area contributed by atoms with Gasteiger partial charge in [0.1, 0.15) is 23.4 Å². The number of halogens is 2. The van der Waals surface area contributed by atoms with Gasteiger partial charge < -0.3 is 19.1 Å². The Labute approximate surface area is 289 Å². The highest BCUT2D eigenvalue weighted by atomic mass is 35.5. The number of aromatic nitrogens is 3. The summed E-state index contributed by atoms with van der Waals surface area (Å²) in [4.78, 5) is 13.1. The molecule has 0 bridgehead atoms. The van der Waals surface area contributed by atoms with Crippen molar-refractivity contribution in [3.05, 3.63) is 130 Å². The number of ether oxygens (including phenoxy) is 2. The molecule has 7 rings (SSSR count). The number of carbonyl (C=O) groups is 1. The number of rotatable bonds is 9. The van der Waals surface area contributed by atoms with Gasteiger partial charge in [0, 0.05) is 47.6 Å². The molecule has 7 nitrogen and oxygen atoms in total. The summed E-state index contributed by atoms with van der Waals surface area (Å²) in [5, 5.41) is 18.7. The normalized spacial score (nSPS) is 15.2. The molecule has 0 saturated carbocycles. The second kappa shape index (κ2) is 13.9. The van der Waals surface area contributed by atoms with Crippen molar-refractivity contribution in [1.82, 2.24) is 14.3 Å². The quantitative estimate of drug-likeness (QED) is 0.122. The number of hydrogen-bond acceptors (Lipinski definition) is 4. The lowest BCUT2D eigenvalue weighted by Gasteiger charge is -2.19. The van der Waals surface area contributed by atoms with Gasteiger partial charge in [0.15, 0.2) is 0 Å². The molecule has 0 spiro atoms. The molecule has 1 aliphatic rings. The number of allylic oxidation sites excluding steroid dienone is 1. The molecule has 0 amide bonds. The first-order valence-electron chi connectivity index (χ1n) is 16.6. The van der Waals surface area contributed by atoms with E-state index in [4.69, 9.17) is 26.2 Å². The summed E-state index contributed by atoms with van der Waals surface area (Å²) < 4.78 is 30.3. The molecule has 0 saturated heterocycles. The molecule has 0 radical (unpaired) electrons. The molecule has 250 valence electrons. The number of benzene rings is 4. The maximum atomic E-state index is 13.8. The highest BCUT2D eigenvalue weighted by Gasteiger charge is 2.31. The zero-order valence-electron chi connectivity index (χ0n) is 27.5. The molecule has 3 heterocycles. The summed E-state index contributed by atoms with van der Waals surface area (Å²) in [5.41, 5.74) is 6.29. The number of aryl methyl sites for hydroxylation is 2. The van der Waals surface area contributed by atoms with Crippen LogP contribution >= 0.6 is 11.6 Å². The van der Waals surface area contributed by atoms with E-state index in [1.807, 2.05) is 77.0 Å². The van der Waals surface area contributed by atoms with E-state index in [2.05, 4.69) is 19.1 Å². The number of fused-ring (bicyclic) bond motifs is 3. The van der Waals surface area contributed by atoms with E-state index in [0.717, 1.165) is 55.3 Å². The highest BCUT2D eigenvalue weighted by Crippen LogP contribution is 2.45. The van der Waals surface area contributed by atoms with Crippen molar-refractivity contribution < 1.29 is 23.8 Å². The van der Waals surface area contributed by atoms with Gasteiger partial charge in [-0.1, -0.05) is 79.2 Å². The first-order chi connectivity index (χ1) is 23.9. The van der Waals surface area contributed by atoms with Gasteiger partial charge in [-0.25, -0.2) is 9.18 Å². The highest BCUT2D eigenvalue weighted by molar-refractivity contribution is 6.35. The van der Waals surface area contributed by atoms with Gasteiger partial charge >= 0.3 is 5.97 Å². The van der Waals surface area contributed by atoms with Gasteiger partial charge in [0.05, 0.1) is 29.4 Å². The molecule has 6 aromatic rings. The molecule has 1 unspecified atom stereocenters. The van der Waals surface area contributed by atoms with Crippen LogP contribution in [0.3, 0.4) is 0 Å². The average molecular weight is 678 g/mol. The Morgan fingerprint density at radius 2 is 1.86 bits per heavy atom. The molecule has 49 heavy (non-hydrogen) atoms. The predicted molar refractivity (Wildman–Crippen MR) is 191 cm³/mol. The molecule has 1 aliphatic heterocycles. The van der Waals surface area contributed by atoms with Gasteiger partial charge in [-0.15, -0.1) is 0 Å². The van der Waals surface area contributed by atoms with Crippen molar-refractivity contribution in [2.45, 2.75) is 45.3 Å². The van der Waals surface area contributed by atoms with E-state index in [9.17, 15) is 14.3 Å². The van der Waals surface area contributed by atoms with E-state index in [0.29, 0.717) is 56.2 Å². The van der Waals surface area contributed by atoms with Crippen molar-refractivity contribution in [1.29, 1.82) is 0 Å². The van der Waals surface area contributed by atoms with Crippen LogP contribution in [0, 0.1) is 5.82 Å². The topological polar surface area (TPSA) is 78.5 Å². The van der Waals surface area contributed by atoms with Gasteiger partial charge in [-0.2, -0.15) is 5.10 Å². The van der Waals surface area contributed by atoms with Crippen molar-refractivity contribution >= 4 is 39.2 Å². The third-order valence-electron chi connectivity index (χ3n) is 9.31. The molecule has 4 aromatic carbocycles. The van der Waals surface area contributed by atoms with E-state index in [-0.39, 0.29) is 17.6 Å². The summed E-state index contributed by atoms with van der Waals surface area (Å²) in [5.74, 6) is -0.643. The Kier molecular flexibility index (Phi) is 9.25. The second-order valence-electron chi connectivity index (χ2n) is 12.3. The molecule has 2 aromatic heterocycles. The molecule has 9 heteroatoms. The number of aromatic carboxylic acids is 1. The first-order valence-corrected chi connectivity index (χ1v) is 17.0. The van der Waals surface area contributed by atoms with Crippen LogP contribution in [0.4, 0.5) is 4.39 Å². The fourth-order valence-corrected chi connectivity index (χ4v) is 7.41. The molecule has 0 aliphatic carbocycles. The van der Waals surface area contributed by atoms with Gasteiger partial charge in [-0.05, 0) is 66.1 Å². The summed E-state index contributed by atoms with van der Waals surface area (Å²) in [7, 11) is 1.94. The fraction of sp³-hybridized carbons (Fsp3) is 0.250. The molecular formula is C40H37ClFN3O4. The maximum absolute atomic E-state index is 13.8. The lowest BCUT2D eigenvalue weighted by Crippen LogP contribution is -2.11. The van der Waals surface area contributed by atoms with Crippen LogP contribution in [0.1, 0.15) is 52.5 Å². The lowest BCUT2D eigenvalue weighted by molar-refractivity contribution is 0.0685. The Morgan fingerprint density at radius 1 is 1.04 bits per heavy atom. The van der Waals surface area contributed by atoms with Crippen LogP contribution in [0.2, 0.25) is 5.02 Å². The Bertz CT molecular complexity index is 2200. The van der Waals surface area contributed by atoms with Crippen LogP contribution in [0.5, 0.6) is 5.75 Å². The molecule has 0 fully saturated rings. The summed E-state index contributed by atoms with van der Waals surface area (Å²) in [6.07, 6.45) is 5.88. The average Bonchev–Trinajstić information content (AvgIpc) is 3.58. The van der Waals surface area contributed by atoms with Crippen LogP contribution in [-0.4, -0.2) is 38.6 Å². The minimum atomic E-state index is -1.01. The van der Waals surface area contributed by atoms with E-state index < -0.39 is 5.97 Å². The minimum Gasteiger partial charge on any atom is -0.493 e. The zero-order chi connectivity index (χ0) is 34.1. The van der Waals surface area contributed by atoms with Crippen LogP contribution < -0.4 is 4.74 Å². The van der Waals surface area contributed by atoms with Crippen LogP contribution in [0.25, 0.3) is 32.8 Å². The smallest absolute Gasteiger partial charge is 0.352 e. The maximum Gasteiger partial charge on any atom is 0.352 e. The predicted octanol–water partition coefficient (Wildman–Crippen LogP) is 9.13. The van der Waals surface area contributed by atoms with Crippen molar-refractivity contribution in [3.63, 3.8) is 0 Å². The number of hydrogen-bond donors (Lipinski definition) is 1. The van der Waals surface area contributed by atoms with Crippen molar-refractivity contribution in [2.75, 3.05) is 13.2 Å². The summed E-state index contributed by atoms with van der Waals surface area (Å²) in [6, 6.07) is 24.2. The van der Waals surface area contributed by atoms with Crippen LogP contribution in [-0.2, 0) is 37.6 Å². The second-order valence-corrected chi connectivity index (χ2v) is 12.7. The third kappa shape index (κ3) is 6.22. The number of nitrogens with zero attached hydrogens (tertiary/aromatic N) is 3. The molecule has 1 N–H and O–H groups in total. The van der Waals surface area contributed by atoms with Crippen LogP contribution in [0.15, 0.2) is 91.0 Å². The van der Waals surface area contributed by atoms with Crippen molar-refractivity contribution in [2.24, 2.45) is 7.05 Å². The van der Waals surface area contributed by atoms with Gasteiger partial charge in [0.2, 0.25) is 0 Å². The Balaban J connectivity index is 1.33. The Hall–Kier alpha value is -4.92.